The molecule has 1 aromatic rings. The highest BCUT2D eigenvalue weighted by Gasteiger charge is 2.30. The predicted octanol–water partition coefficient (Wildman–Crippen LogP) is 4.90. The Labute approximate surface area is 132 Å². The van der Waals surface area contributed by atoms with Gasteiger partial charge in [0.15, 0.2) is 0 Å². The van der Waals surface area contributed by atoms with Crippen molar-refractivity contribution >= 4 is 0 Å². The van der Waals surface area contributed by atoms with Gasteiger partial charge in [0.05, 0.1) is 6.61 Å². The first-order valence-corrected chi connectivity index (χ1v) is 7.95. The minimum Gasteiger partial charge on any atom is -0.507 e. The van der Waals surface area contributed by atoms with Crippen LogP contribution in [0.2, 0.25) is 0 Å². The Balaban J connectivity index is 2.41. The fourth-order valence-electron chi connectivity index (χ4n) is 3.15. The second-order valence-electron chi connectivity index (χ2n) is 6.25. The Kier molecular flexibility index (Phi) is 5.17. The maximum atomic E-state index is 10.4. The van der Waals surface area contributed by atoms with Crippen LogP contribution in [0.1, 0.15) is 51.5 Å². The molecule has 2 atom stereocenters. The lowest BCUT2D eigenvalue weighted by Crippen LogP contribution is -2.17. The summed E-state index contributed by atoms with van der Waals surface area (Å²) in [6, 6.07) is 3.19. The van der Waals surface area contributed by atoms with Crippen LogP contribution in [0.5, 0.6) is 17.2 Å². The highest BCUT2D eigenvalue weighted by atomic mass is 16.5. The lowest BCUT2D eigenvalue weighted by atomic mass is 9.74. The molecule has 0 bridgehead atoms. The van der Waals surface area contributed by atoms with Gasteiger partial charge in [-0.3, -0.25) is 0 Å². The summed E-state index contributed by atoms with van der Waals surface area (Å²) in [5.74, 6) is 0.889. The first-order chi connectivity index (χ1) is 10.4. The number of phenolic OH excluding ortho intramolecular Hbond substituents is 2. The first-order valence-electron chi connectivity index (χ1n) is 7.95. The maximum absolute atomic E-state index is 10.4. The molecule has 0 spiro atoms. The van der Waals surface area contributed by atoms with E-state index in [0.29, 0.717) is 17.9 Å². The average Bonchev–Trinajstić information content (AvgIpc) is 2.44. The van der Waals surface area contributed by atoms with Gasteiger partial charge < -0.3 is 14.9 Å². The molecule has 1 aromatic carbocycles. The van der Waals surface area contributed by atoms with Gasteiger partial charge in [-0.1, -0.05) is 30.7 Å². The molecule has 1 aliphatic carbocycles. The number of rotatable bonds is 5. The summed E-state index contributed by atoms with van der Waals surface area (Å²) in [6.45, 7) is 10.8. The third-order valence-corrected chi connectivity index (χ3v) is 4.30. The predicted molar refractivity (Wildman–Crippen MR) is 89.6 cm³/mol. The quantitative estimate of drug-likeness (QED) is 0.760. The van der Waals surface area contributed by atoms with E-state index in [1.54, 1.807) is 12.1 Å². The summed E-state index contributed by atoms with van der Waals surface area (Å²) in [6.07, 6.45) is 5.05. The van der Waals surface area contributed by atoms with Crippen LogP contribution in [0.3, 0.4) is 0 Å². The van der Waals surface area contributed by atoms with Gasteiger partial charge in [-0.05, 0) is 39.0 Å². The minimum atomic E-state index is -0.0357. The van der Waals surface area contributed by atoms with Crippen molar-refractivity contribution in [1.82, 2.24) is 0 Å². The zero-order valence-electron chi connectivity index (χ0n) is 13.7. The molecule has 0 saturated carbocycles. The van der Waals surface area contributed by atoms with Gasteiger partial charge in [-0.2, -0.15) is 0 Å². The Morgan fingerprint density at radius 1 is 1.32 bits per heavy atom. The number of hydrogen-bond donors (Lipinski definition) is 2. The number of ether oxygens (including phenoxy) is 1. The van der Waals surface area contributed by atoms with Crippen LogP contribution in [-0.4, -0.2) is 16.8 Å². The lowest BCUT2D eigenvalue weighted by Gasteiger charge is -2.31. The molecule has 0 amide bonds. The van der Waals surface area contributed by atoms with Crippen molar-refractivity contribution in [3.63, 3.8) is 0 Å². The van der Waals surface area contributed by atoms with Gasteiger partial charge in [0.2, 0.25) is 0 Å². The lowest BCUT2D eigenvalue weighted by molar-refractivity contribution is 0.311. The van der Waals surface area contributed by atoms with E-state index in [9.17, 15) is 10.2 Å². The van der Waals surface area contributed by atoms with Crippen molar-refractivity contribution in [3.8, 4) is 17.2 Å². The van der Waals surface area contributed by atoms with Gasteiger partial charge in [-0.25, -0.2) is 0 Å². The first kappa shape index (κ1) is 16.5. The van der Waals surface area contributed by atoms with Crippen molar-refractivity contribution in [3.05, 3.63) is 41.5 Å². The molecular formula is C19H26O3. The standard InChI is InChI=1S/C19H26O3/c1-5-8-22-14-10-17(20)19(18(21)11-14)16-9-13(4)6-7-15(16)12(2)3/h9-11,15-16,20-21H,2,5-8H2,1,3-4H3/t15-,16?/m0/s1. The molecule has 0 saturated heterocycles. The molecule has 0 aliphatic heterocycles. The van der Waals surface area contributed by atoms with E-state index in [4.69, 9.17) is 4.74 Å². The summed E-state index contributed by atoms with van der Waals surface area (Å²) in [7, 11) is 0. The minimum absolute atomic E-state index is 0.0357. The summed E-state index contributed by atoms with van der Waals surface area (Å²) in [5, 5.41) is 20.8. The van der Waals surface area contributed by atoms with Crippen LogP contribution >= 0.6 is 0 Å². The molecule has 3 heteroatoms. The molecule has 0 aromatic heterocycles. The van der Waals surface area contributed by atoms with Crippen LogP contribution < -0.4 is 4.74 Å². The third kappa shape index (κ3) is 3.46. The molecule has 3 nitrogen and oxygen atoms in total. The molecule has 2 N–H and O–H groups in total. The van der Waals surface area contributed by atoms with Crippen molar-refractivity contribution in [1.29, 1.82) is 0 Å². The fourth-order valence-corrected chi connectivity index (χ4v) is 3.15. The Morgan fingerprint density at radius 3 is 2.50 bits per heavy atom. The number of phenols is 2. The second-order valence-corrected chi connectivity index (χ2v) is 6.25. The monoisotopic (exact) mass is 302 g/mol. The van der Waals surface area contributed by atoms with Crippen molar-refractivity contribution in [2.24, 2.45) is 5.92 Å². The number of aromatic hydroxyl groups is 2. The topological polar surface area (TPSA) is 49.7 Å². The Hall–Kier alpha value is -1.90. The van der Waals surface area contributed by atoms with Crippen LogP contribution in [0, 0.1) is 5.92 Å². The number of benzene rings is 1. The largest absolute Gasteiger partial charge is 0.507 e. The third-order valence-electron chi connectivity index (χ3n) is 4.30. The van der Waals surface area contributed by atoms with Crippen molar-refractivity contribution < 1.29 is 14.9 Å². The van der Waals surface area contributed by atoms with Crippen LogP contribution in [-0.2, 0) is 0 Å². The van der Waals surface area contributed by atoms with E-state index in [1.165, 1.54) is 5.57 Å². The molecule has 0 heterocycles. The van der Waals surface area contributed by atoms with Crippen LogP contribution in [0.4, 0.5) is 0 Å². The summed E-state index contributed by atoms with van der Waals surface area (Å²) < 4.78 is 5.50. The van der Waals surface area contributed by atoms with E-state index in [2.05, 4.69) is 19.6 Å². The maximum Gasteiger partial charge on any atom is 0.126 e. The molecular weight excluding hydrogens is 276 g/mol. The highest BCUT2D eigenvalue weighted by Crippen LogP contribution is 2.47. The Morgan fingerprint density at radius 2 is 1.95 bits per heavy atom. The molecule has 0 fully saturated rings. The molecule has 0 radical (unpaired) electrons. The average molecular weight is 302 g/mol. The van der Waals surface area contributed by atoms with Gasteiger partial charge in [0.1, 0.15) is 17.2 Å². The van der Waals surface area contributed by atoms with E-state index in [0.717, 1.165) is 24.8 Å². The highest BCUT2D eigenvalue weighted by molar-refractivity contribution is 5.53. The van der Waals surface area contributed by atoms with Crippen molar-refractivity contribution in [2.45, 2.75) is 46.0 Å². The van der Waals surface area contributed by atoms with Gasteiger partial charge in [-0.15, -0.1) is 0 Å². The molecule has 1 aliphatic rings. The Bertz CT molecular complexity index is 563. The zero-order valence-corrected chi connectivity index (χ0v) is 13.7. The van der Waals surface area contributed by atoms with Gasteiger partial charge in [0, 0.05) is 23.6 Å². The molecule has 22 heavy (non-hydrogen) atoms. The van der Waals surface area contributed by atoms with E-state index in [-0.39, 0.29) is 23.3 Å². The molecule has 120 valence electrons. The summed E-state index contributed by atoms with van der Waals surface area (Å²) in [4.78, 5) is 0. The number of allylic oxidation sites excluding steroid dienone is 3. The SMILES string of the molecule is C=C(C)[C@@H]1CCC(C)=CC1c1c(O)cc(OCCC)cc1O. The fraction of sp³-hybridized carbons (Fsp3) is 0.474. The van der Waals surface area contributed by atoms with Crippen LogP contribution in [0.15, 0.2) is 35.9 Å². The smallest absolute Gasteiger partial charge is 0.126 e. The van der Waals surface area contributed by atoms with Crippen molar-refractivity contribution in [2.75, 3.05) is 6.61 Å². The zero-order chi connectivity index (χ0) is 16.3. The molecule has 1 unspecified atom stereocenters. The van der Waals surface area contributed by atoms with Gasteiger partial charge in [0.25, 0.3) is 0 Å². The molecule has 2 rings (SSSR count). The van der Waals surface area contributed by atoms with E-state index < -0.39 is 0 Å². The summed E-state index contributed by atoms with van der Waals surface area (Å²) in [5.41, 5.74) is 2.95. The second kappa shape index (κ2) is 6.91. The summed E-state index contributed by atoms with van der Waals surface area (Å²) >= 11 is 0. The van der Waals surface area contributed by atoms with E-state index in [1.807, 2.05) is 13.8 Å². The number of hydrogen-bond acceptors (Lipinski definition) is 3. The van der Waals surface area contributed by atoms with Gasteiger partial charge >= 0.3 is 0 Å². The van der Waals surface area contributed by atoms with E-state index >= 15 is 0 Å². The van der Waals surface area contributed by atoms with Crippen LogP contribution in [0.25, 0.3) is 0 Å². The normalized spacial score (nSPS) is 21.3.